The van der Waals surface area contributed by atoms with Crippen LogP contribution in [0.3, 0.4) is 0 Å². The first-order valence-corrected chi connectivity index (χ1v) is 8.14. The minimum Gasteiger partial charge on any atom is -0.452 e. The van der Waals surface area contributed by atoms with E-state index < -0.39 is 24.0 Å². The Hall–Kier alpha value is -3.63. The number of nitrogens with zero attached hydrogens (tertiary/aromatic N) is 1. The monoisotopic (exact) mass is 381 g/mol. The standard InChI is InChI=1S/C19H12ClN3O4/c20-12-6-5-11(9-21)16(7-12)23-18(25)10-27-19(26)14-8-17(24)22-15-4-2-1-3-13(14)15/h1-8H,10H2,(H,22,24)(H,23,25). The van der Waals surface area contributed by atoms with Crippen LogP contribution in [0.5, 0.6) is 0 Å². The Morgan fingerprint density at radius 1 is 1.19 bits per heavy atom. The van der Waals surface area contributed by atoms with Crippen LogP contribution in [-0.4, -0.2) is 23.5 Å². The van der Waals surface area contributed by atoms with E-state index in [1.807, 2.05) is 6.07 Å². The second kappa shape index (κ2) is 7.72. The molecule has 0 atom stereocenters. The summed E-state index contributed by atoms with van der Waals surface area (Å²) >= 11 is 5.86. The molecule has 1 amide bonds. The van der Waals surface area contributed by atoms with E-state index in [-0.39, 0.29) is 16.8 Å². The van der Waals surface area contributed by atoms with E-state index in [9.17, 15) is 14.4 Å². The number of pyridine rings is 1. The fourth-order valence-corrected chi connectivity index (χ4v) is 2.66. The highest BCUT2D eigenvalue weighted by atomic mass is 35.5. The van der Waals surface area contributed by atoms with Gasteiger partial charge in [0.05, 0.1) is 16.8 Å². The first kappa shape index (κ1) is 18.2. The lowest BCUT2D eigenvalue weighted by atomic mass is 10.1. The number of amides is 1. The average Bonchev–Trinajstić information content (AvgIpc) is 2.65. The largest absolute Gasteiger partial charge is 0.452 e. The molecule has 0 aliphatic carbocycles. The summed E-state index contributed by atoms with van der Waals surface area (Å²) < 4.78 is 5.01. The minimum atomic E-state index is -0.806. The number of para-hydroxylation sites is 1. The molecule has 2 N–H and O–H groups in total. The summed E-state index contributed by atoms with van der Waals surface area (Å²) in [5.74, 6) is -1.45. The van der Waals surface area contributed by atoms with Crippen molar-refractivity contribution in [2.24, 2.45) is 0 Å². The quantitative estimate of drug-likeness (QED) is 0.675. The van der Waals surface area contributed by atoms with Gasteiger partial charge in [0.15, 0.2) is 6.61 Å². The van der Waals surface area contributed by atoms with Gasteiger partial charge in [-0.2, -0.15) is 5.26 Å². The van der Waals surface area contributed by atoms with Gasteiger partial charge in [-0.3, -0.25) is 9.59 Å². The lowest BCUT2D eigenvalue weighted by molar-refractivity contribution is -0.119. The van der Waals surface area contributed by atoms with Gasteiger partial charge < -0.3 is 15.0 Å². The number of aromatic amines is 1. The molecular formula is C19H12ClN3O4. The smallest absolute Gasteiger partial charge is 0.339 e. The zero-order valence-corrected chi connectivity index (χ0v) is 14.5. The van der Waals surface area contributed by atoms with Gasteiger partial charge in [0.25, 0.3) is 5.91 Å². The summed E-state index contributed by atoms with van der Waals surface area (Å²) in [7, 11) is 0. The van der Waals surface area contributed by atoms with E-state index in [1.165, 1.54) is 18.2 Å². The van der Waals surface area contributed by atoms with Crippen LogP contribution in [-0.2, 0) is 9.53 Å². The molecule has 0 fully saturated rings. The second-order valence-corrected chi connectivity index (χ2v) is 5.96. The Balaban J connectivity index is 1.73. The van der Waals surface area contributed by atoms with E-state index in [2.05, 4.69) is 10.3 Å². The predicted octanol–water partition coefficient (Wildman–Crippen LogP) is 2.85. The predicted molar refractivity (Wildman–Crippen MR) is 99.6 cm³/mol. The lowest BCUT2D eigenvalue weighted by Crippen LogP contribution is -2.22. The number of aromatic nitrogens is 1. The number of nitrogens with one attached hydrogen (secondary N) is 2. The van der Waals surface area contributed by atoms with Crippen molar-refractivity contribution < 1.29 is 14.3 Å². The molecule has 0 aliphatic heterocycles. The van der Waals surface area contributed by atoms with E-state index in [0.717, 1.165) is 6.07 Å². The van der Waals surface area contributed by atoms with Gasteiger partial charge in [0.1, 0.15) is 6.07 Å². The summed E-state index contributed by atoms with van der Waals surface area (Å²) in [5.41, 5.74) is 0.525. The molecular weight excluding hydrogens is 370 g/mol. The Bertz CT molecular complexity index is 1150. The third-order valence-corrected chi connectivity index (χ3v) is 3.92. The maximum Gasteiger partial charge on any atom is 0.339 e. The molecule has 8 heteroatoms. The first-order valence-electron chi connectivity index (χ1n) is 7.76. The molecule has 0 saturated heterocycles. The number of anilines is 1. The zero-order chi connectivity index (χ0) is 19.4. The number of carbonyl (C=O) groups is 2. The van der Waals surface area contributed by atoms with Crippen LogP contribution in [0.2, 0.25) is 5.02 Å². The van der Waals surface area contributed by atoms with Crippen molar-refractivity contribution in [3.8, 4) is 6.07 Å². The summed E-state index contributed by atoms with van der Waals surface area (Å²) in [6.45, 7) is -0.586. The van der Waals surface area contributed by atoms with Crippen molar-refractivity contribution in [3.05, 3.63) is 75.0 Å². The third kappa shape index (κ3) is 4.14. The topological polar surface area (TPSA) is 112 Å². The molecule has 0 spiro atoms. The molecule has 1 aromatic heterocycles. The molecule has 2 aromatic carbocycles. The van der Waals surface area contributed by atoms with Crippen LogP contribution < -0.4 is 10.9 Å². The molecule has 0 aliphatic rings. The number of fused-ring (bicyclic) bond motifs is 1. The first-order chi connectivity index (χ1) is 13.0. The molecule has 0 unspecified atom stereocenters. The van der Waals surface area contributed by atoms with Gasteiger partial charge in [-0.05, 0) is 24.3 Å². The second-order valence-electron chi connectivity index (χ2n) is 5.52. The number of rotatable bonds is 4. The van der Waals surface area contributed by atoms with Gasteiger partial charge in [-0.25, -0.2) is 4.79 Å². The fourth-order valence-electron chi connectivity index (χ4n) is 2.49. The summed E-state index contributed by atoms with van der Waals surface area (Å²) in [5, 5.41) is 12.4. The molecule has 0 saturated carbocycles. The number of nitriles is 1. The zero-order valence-electron chi connectivity index (χ0n) is 13.8. The van der Waals surface area contributed by atoms with E-state index >= 15 is 0 Å². The highest BCUT2D eigenvalue weighted by molar-refractivity contribution is 6.31. The highest BCUT2D eigenvalue weighted by Gasteiger charge is 2.15. The Kier molecular flexibility index (Phi) is 5.20. The van der Waals surface area contributed by atoms with Crippen LogP contribution in [0.4, 0.5) is 5.69 Å². The van der Waals surface area contributed by atoms with Gasteiger partial charge >= 0.3 is 5.97 Å². The normalized spacial score (nSPS) is 10.2. The van der Waals surface area contributed by atoms with Gasteiger partial charge in [-0.1, -0.05) is 29.8 Å². The van der Waals surface area contributed by atoms with Crippen molar-refractivity contribution in [3.63, 3.8) is 0 Å². The lowest BCUT2D eigenvalue weighted by Gasteiger charge is -2.09. The van der Waals surface area contributed by atoms with E-state index in [1.54, 1.807) is 24.3 Å². The van der Waals surface area contributed by atoms with Crippen LogP contribution in [0.25, 0.3) is 10.9 Å². The number of benzene rings is 2. The Morgan fingerprint density at radius 3 is 2.74 bits per heavy atom. The van der Waals surface area contributed by atoms with Gasteiger partial charge in [0.2, 0.25) is 5.56 Å². The third-order valence-electron chi connectivity index (χ3n) is 3.68. The van der Waals surface area contributed by atoms with Crippen molar-refractivity contribution in [1.29, 1.82) is 5.26 Å². The number of hydrogen-bond donors (Lipinski definition) is 2. The number of hydrogen-bond acceptors (Lipinski definition) is 5. The number of carbonyl (C=O) groups excluding carboxylic acids is 2. The summed E-state index contributed by atoms with van der Waals surface area (Å²) in [6.07, 6.45) is 0. The van der Waals surface area contributed by atoms with Gasteiger partial charge in [0, 0.05) is 22.0 Å². The molecule has 3 rings (SSSR count). The average molecular weight is 382 g/mol. The molecule has 7 nitrogen and oxygen atoms in total. The van der Waals surface area contributed by atoms with Crippen LogP contribution in [0.15, 0.2) is 53.3 Å². The highest BCUT2D eigenvalue weighted by Crippen LogP contribution is 2.20. The minimum absolute atomic E-state index is 0.0580. The molecule has 3 aromatic rings. The number of H-pyrrole nitrogens is 1. The number of ether oxygens (including phenoxy) is 1. The van der Waals surface area contributed by atoms with Crippen molar-refractivity contribution in [2.45, 2.75) is 0 Å². The van der Waals surface area contributed by atoms with Crippen molar-refractivity contribution >= 4 is 40.1 Å². The SMILES string of the molecule is N#Cc1ccc(Cl)cc1NC(=O)COC(=O)c1cc(=O)[nH]c2ccccc12. The maximum atomic E-state index is 12.3. The summed E-state index contributed by atoms with van der Waals surface area (Å²) in [6, 6.07) is 14.2. The fraction of sp³-hybridized carbons (Fsp3) is 0.0526. The number of halogens is 1. The maximum absolute atomic E-state index is 12.3. The Morgan fingerprint density at radius 2 is 1.96 bits per heavy atom. The molecule has 134 valence electrons. The molecule has 0 bridgehead atoms. The molecule has 0 radical (unpaired) electrons. The van der Waals surface area contributed by atoms with Crippen LogP contribution >= 0.6 is 11.6 Å². The molecule has 27 heavy (non-hydrogen) atoms. The van der Waals surface area contributed by atoms with Crippen molar-refractivity contribution in [2.75, 3.05) is 11.9 Å². The summed E-state index contributed by atoms with van der Waals surface area (Å²) in [4.78, 5) is 38.7. The van der Waals surface area contributed by atoms with Crippen LogP contribution in [0, 0.1) is 11.3 Å². The Labute approximate surface area is 158 Å². The number of esters is 1. The van der Waals surface area contributed by atoms with E-state index in [0.29, 0.717) is 15.9 Å². The van der Waals surface area contributed by atoms with Crippen LogP contribution in [0.1, 0.15) is 15.9 Å². The van der Waals surface area contributed by atoms with E-state index in [4.69, 9.17) is 21.6 Å². The molecule has 1 heterocycles. The van der Waals surface area contributed by atoms with Gasteiger partial charge in [-0.15, -0.1) is 0 Å². The van der Waals surface area contributed by atoms with Crippen molar-refractivity contribution in [1.82, 2.24) is 4.98 Å².